The van der Waals surface area contributed by atoms with E-state index in [1.807, 2.05) is 0 Å². The fraction of sp³-hybridized carbons (Fsp3) is 0.970. The third kappa shape index (κ3) is 58.1. The van der Waals surface area contributed by atoms with Crippen LogP contribution in [0.5, 0.6) is 0 Å². The van der Waals surface area contributed by atoms with Crippen LogP contribution in [0.2, 0.25) is 0 Å². The van der Waals surface area contributed by atoms with Gasteiger partial charge in [-0.25, -0.2) is 0 Å². The topological polar surface area (TPSA) is 95.9 Å². The molecule has 0 fully saturated rings. The Hall–Kier alpha value is -1.14. The van der Waals surface area contributed by atoms with Crippen molar-refractivity contribution in [1.29, 1.82) is 0 Å². The van der Waals surface area contributed by atoms with Gasteiger partial charge in [-0.1, -0.05) is 348 Å². The number of aliphatic hydroxyl groups excluding tert-OH is 2. The summed E-state index contributed by atoms with van der Waals surface area (Å²) in [5, 5.41) is 23.4. The monoisotopic (exact) mass is 1020 g/mol. The summed E-state index contributed by atoms with van der Waals surface area (Å²) in [6.45, 7) is 5.00. The van der Waals surface area contributed by atoms with Crippen LogP contribution in [0.25, 0.3) is 0 Å². The van der Waals surface area contributed by atoms with Gasteiger partial charge >= 0.3 is 5.97 Å². The second-order valence-electron chi connectivity index (χ2n) is 23.2. The number of aliphatic hydroxyl groups is 2. The molecular formula is C66H131NO5. The number of carbonyl (C=O) groups is 2. The molecule has 430 valence electrons. The fourth-order valence-corrected chi connectivity index (χ4v) is 10.8. The van der Waals surface area contributed by atoms with Crippen LogP contribution in [0.1, 0.15) is 386 Å². The summed E-state index contributed by atoms with van der Waals surface area (Å²) < 4.78 is 5.50. The first-order chi connectivity index (χ1) is 35.5. The number of carbonyl (C=O) groups excluding carboxylic acids is 2. The summed E-state index contributed by atoms with van der Waals surface area (Å²) in [5.74, 6) is -0.0132. The smallest absolute Gasteiger partial charge is 0.305 e. The van der Waals surface area contributed by atoms with Crippen molar-refractivity contribution in [1.82, 2.24) is 5.32 Å². The summed E-state index contributed by atoms with van der Waals surface area (Å²) in [6, 6.07) is -0.541. The van der Waals surface area contributed by atoms with Gasteiger partial charge in [0.2, 0.25) is 5.91 Å². The minimum Gasteiger partial charge on any atom is -0.466 e. The molecule has 0 rings (SSSR count). The van der Waals surface area contributed by atoms with Gasteiger partial charge in [-0.3, -0.25) is 9.59 Å². The normalized spacial score (nSPS) is 12.4. The molecule has 0 aromatic heterocycles. The van der Waals surface area contributed by atoms with Gasteiger partial charge in [-0.05, 0) is 25.7 Å². The van der Waals surface area contributed by atoms with E-state index in [0.717, 1.165) is 38.5 Å². The lowest BCUT2D eigenvalue weighted by Crippen LogP contribution is -2.45. The lowest BCUT2D eigenvalue weighted by molar-refractivity contribution is -0.143. The van der Waals surface area contributed by atoms with E-state index in [-0.39, 0.29) is 18.5 Å². The van der Waals surface area contributed by atoms with Gasteiger partial charge in [0, 0.05) is 12.8 Å². The Morgan fingerprint density at radius 3 is 0.847 bits per heavy atom. The molecule has 0 aliphatic heterocycles. The molecule has 0 spiro atoms. The SMILES string of the molecule is CCCCCCCCCCCCCCCCCCCCC(O)C(CO)NC(=O)CCCCCCCCCCCCCCCCCCCCCCCCOC(=O)CCCCCCCCCCCCCCCCC. The zero-order valence-corrected chi connectivity index (χ0v) is 49.2. The number of esters is 1. The summed E-state index contributed by atoms with van der Waals surface area (Å²) >= 11 is 0. The molecule has 72 heavy (non-hydrogen) atoms. The van der Waals surface area contributed by atoms with Crippen LogP contribution in [-0.4, -0.2) is 47.4 Å². The zero-order valence-electron chi connectivity index (χ0n) is 49.2. The first-order valence-corrected chi connectivity index (χ1v) is 33.3. The zero-order chi connectivity index (χ0) is 52.2. The lowest BCUT2D eigenvalue weighted by Gasteiger charge is -2.22. The molecule has 2 atom stereocenters. The number of ether oxygens (including phenoxy) is 1. The summed E-state index contributed by atoms with van der Waals surface area (Å²) in [5.41, 5.74) is 0. The Labute approximate surface area is 451 Å². The molecule has 6 heteroatoms. The standard InChI is InChI=1S/C66H131NO5/c1-3-5-7-9-11-13-15-17-19-20-27-31-34-38-42-46-50-54-58-64(69)63(62-68)67-65(70)59-55-51-47-43-39-35-32-28-25-23-21-22-24-26-29-33-37-41-45-49-53-57-61-72-66(71)60-56-52-48-44-40-36-30-18-16-14-12-10-8-6-4-2/h63-64,68-69H,3-62H2,1-2H3,(H,67,70). The highest BCUT2D eigenvalue weighted by molar-refractivity contribution is 5.76. The maximum atomic E-state index is 12.5. The van der Waals surface area contributed by atoms with Crippen LogP contribution in [-0.2, 0) is 14.3 Å². The fourth-order valence-electron chi connectivity index (χ4n) is 10.8. The molecule has 0 aromatic rings. The first kappa shape index (κ1) is 70.9. The van der Waals surface area contributed by atoms with Crippen LogP contribution in [0.4, 0.5) is 0 Å². The van der Waals surface area contributed by atoms with E-state index < -0.39 is 12.1 Å². The molecule has 0 heterocycles. The van der Waals surface area contributed by atoms with E-state index in [9.17, 15) is 19.8 Å². The molecule has 0 saturated heterocycles. The molecule has 0 radical (unpaired) electrons. The van der Waals surface area contributed by atoms with Gasteiger partial charge in [0.15, 0.2) is 0 Å². The van der Waals surface area contributed by atoms with Gasteiger partial charge in [-0.15, -0.1) is 0 Å². The van der Waals surface area contributed by atoms with E-state index >= 15 is 0 Å². The number of hydrogen-bond donors (Lipinski definition) is 3. The van der Waals surface area contributed by atoms with Gasteiger partial charge in [0.25, 0.3) is 0 Å². The molecular weight excluding hydrogens is 887 g/mol. The van der Waals surface area contributed by atoms with Crippen molar-refractivity contribution in [2.75, 3.05) is 13.2 Å². The third-order valence-corrected chi connectivity index (χ3v) is 15.9. The van der Waals surface area contributed by atoms with E-state index in [1.165, 1.54) is 315 Å². The molecule has 1 amide bonds. The quantitative estimate of drug-likeness (QED) is 0.0417. The first-order valence-electron chi connectivity index (χ1n) is 33.3. The van der Waals surface area contributed by atoms with Crippen molar-refractivity contribution in [2.45, 2.75) is 398 Å². The Balaban J connectivity index is 3.36. The number of amides is 1. The Morgan fingerprint density at radius 2 is 0.569 bits per heavy atom. The van der Waals surface area contributed by atoms with Crippen LogP contribution >= 0.6 is 0 Å². The number of rotatable bonds is 63. The summed E-state index contributed by atoms with van der Waals surface area (Å²) in [6.07, 6.45) is 74.1. The molecule has 0 bridgehead atoms. The van der Waals surface area contributed by atoms with Crippen molar-refractivity contribution in [3.63, 3.8) is 0 Å². The predicted octanol–water partition coefficient (Wildman–Crippen LogP) is 21.0. The lowest BCUT2D eigenvalue weighted by atomic mass is 10.0. The second kappa shape index (κ2) is 62.4. The van der Waals surface area contributed by atoms with E-state index in [4.69, 9.17) is 4.74 Å². The molecule has 0 saturated carbocycles. The largest absolute Gasteiger partial charge is 0.466 e. The Morgan fingerprint density at radius 1 is 0.333 bits per heavy atom. The molecule has 0 aromatic carbocycles. The predicted molar refractivity (Wildman–Crippen MR) is 315 cm³/mol. The van der Waals surface area contributed by atoms with Crippen molar-refractivity contribution in [3.05, 3.63) is 0 Å². The molecule has 3 N–H and O–H groups in total. The van der Waals surface area contributed by atoms with Crippen LogP contribution < -0.4 is 5.32 Å². The Kier molecular flexibility index (Phi) is 61.4. The Bertz CT molecular complexity index is 1040. The highest BCUT2D eigenvalue weighted by atomic mass is 16.5. The van der Waals surface area contributed by atoms with Crippen molar-refractivity contribution >= 4 is 11.9 Å². The maximum Gasteiger partial charge on any atom is 0.305 e. The van der Waals surface area contributed by atoms with Crippen LogP contribution in [0.15, 0.2) is 0 Å². The van der Waals surface area contributed by atoms with Crippen LogP contribution in [0, 0.1) is 0 Å². The molecule has 6 nitrogen and oxygen atoms in total. The van der Waals surface area contributed by atoms with Gasteiger partial charge < -0.3 is 20.3 Å². The van der Waals surface area contributed by atoms with E-state index in [0.29, 0.717) is 25.9 Å². The maximum absolute atomic E-state index is 12.5. The highest BCUT2D eigenvalue weighted by Crippen LogP contribution is 2.19. The van der Waals surface area contributed by atoms with E-state index in [1.54, 1.807) is 0 Å². The minimum atomic E-state index is -0.664. The average Bonchev–Trinajstić information content (AvgIpc) is 3.38. The van der Waals surface area contributed by atoms with Crippen molar-refractivity contribution in [2.24, 2.45) is 0 Å². The van der Waals surface area contributed by atoms with Crippen molar-refractivity contribution in [3.8, 4) is 0 Å². The third-order valence-electron chi connectivity index (χ3n) is 15.9. The number of nitrogens with one attached hydrogen (secondary N) is 1. The molecule has 0 aliphatic rings. The summed E-state index contributed by atoms with van der Waals surface area (Å²) in [7, 11) is 0. The second-order valence-corrected chi connectivity index (χ2v) is 23.2. The molecule has 0 aliphatic carbocycles. The van der Waals surface area contributed by atoms with E-state index in [2.05, 4.69) is 19.2 Å². The number of hydrogen-bond acceptors (Lipinski definition) is 5. The minimum absolute atomic E-state index is 0.0175. The van der Waals surface area contributed by atoms with Gasteiger partial charge in [-0.2, -0.15) is 0 Å². The number of unbranched alkanes of at least 4 members (excludes halogenated alkanes) is 52. The molecule has 2 unspecified atom stereocenters. The van der Waals surface area contributed by atoms with Gasteiger partial charge in [0.05, 0.1) is 25.4 Å². The average molecular weight is 1020 g/mol. The van der Waals surface area contributed by atoms with Gasteiger partial charge in [0.1, 0.15) is 0 Å². The van der Waals surface area contributed by atoms with Crippen LogP contribution in [0.3, 0.4) is 0 Å². The van der Waals surface area contributed by atoms with Crippen molar-refractivity contribution < 1.29 is 24.5 Å². The highest BCUT2D eigenvalue weighted by Gasteiger charge is 2.20. The summed E-state index contributed by atoms with van der Waals surface area (Å²) in [4.78, 5) is 24.6.